The molecule has 0 radical (unpaired) electrons. The molecule has 0 bridgehead atoms. The second kappa shape index (κ2) is 10.2. The number of carbonyl (C=O) groups is 1. The first-order chi connectivity index (χ1) is 15.0. The van der Waals surface area contributed by atoms with E-state index >= 15 is 0 Å². The van der Waals surface area contributed by atoms with Crippen molar-refractivity contribution in [2.75, 3.05) is 47.0 Å². The van der Waals surface area contributed by atoms with Crippen LogP contribution in [-0.4, -0.2) is 72.6 Å². The summed E-state index contributed by atoms with van der Waals surface area (Å²) in [5.74, 6) is 0.937. The fraction of sp³-hybridized carbons (Fsp3) is 0.455. The molecule has 9 heteroatoms. The minimum absolute atomic E-state index is 0.254. The number of piperazine rings is 1. The number of amides is 1. The van der Waals surface area contributed by atoms with Gasteiger partial charge in [0.2, 0.25) is 0 Å². The fourth-order valence-corrected chi connectivity index (χ4v) is 3.57. The molecule has 168 valence electrons. The van der Waals surface area contributed by atoms with Crippen molar-refractivity contribution in [3.63, 3.8) is 0 Å². The van der Waals surface area contributed by atoms with E-state index in [0.717, 1.165) is 5.56 Å². The van der Waals surface area contributed by atoms with Crippen LogP contribution in [0.4, 0.5) is 4.79 Å². The van der Waals surface area contributed by atoms with Crippen molar-refractivity contribution in [2.45, 2.75) is 20.0 Å². The number of ether oxygens (including phenoxy) is 3. The highest BCUT2D eigenvalue weighted by molar-refractivity contribution is 5.67. The van der Waals surface area contributed by atoms with Crippen LogP contribution in [0, 0.1) is 0 Å². The van der Waals surface area contributed by atoms with Gasteiger partial charge in [0, 0.05) is 44.5 Å². The normalized spacial score (nSPS) is 14.4. The van der Waals surface area contributed by atoms with Gasteiger partial charge in [0.15, 0.2) is 17.2 Å². The van der Waals surface area contributed by atoms with Crippen LogP contribution >= 0.6 is 0 Å². The summed E-state index contributed by atoms with van der Waals surface area (Å²) in [7, 11) is 3.12. The SMILES string of the molecule is CCOC(=O)N1CCN(Cc2ccn(Cc3ccc(OC)c(OC)c3)c(=O)c2O)CC1. The summed E-state index contributed by atoms with van der Waals surface area (Å²) >= 11 is 0. The zero-order valence-corrected chi connectivity index (χ0v) is 18.2. The Morgan fingerprint density at radius 2 is 1.74 bits per heavy atom. The van der Waals surface area contributed by atoms with Gasteiger partial charge in [0.05, 0.1) is 27.4 Å². The number of benzene rings is 1. The van der Waals surface area contributed by atoms with E-state index < -0.39 is 5.56 Å². The maximum Gasteiger partial charge on any atom is 0.409 e. The maximum atomic E-state index is 12.7. The van der Waals surface area contributed by atoms with Crippen LogP contribution in [0.25, 0.3) is 0 Å². The van der Waals surface area contributed by atoms with E-state index in [1.165, 1.54) is 4.57 Å². The second-order valence-corrected chi connectivity index (χ2v) is 7.27. The van der Waals surface area contributed by atoms with Gasteiger partial charge in [-0.15, -0.1) is 0 Å². The average molecular weight is 431 g/mol. The standard InChI is InChI=1S/C22H29N3O6/c1-4-31-22(28)24-11-9-23(10-12-24)15-17-7-8-25(21(27)20(17)26)14-16-5-6-18(29-2)19(13-16)30-3/h5-8,13,26H,4,9-12,14-15H2,1-3H3. The molecule has 1 aliphatic heterocycles. The second-order valence-electron chi connectivity index (χ2n) is 7.27. The Morgan fingerprint density at radius 3 is 2.39 bits per heavy atom. The average Bonchev–Trinajstić information content (AvgIpc) is 2.79. The first-order valence-corrected chi connectivity index (χ1v) is 10.2. The van der Waals surface area contributed by atoms with Gasteiger partial charge in [0.25, 0.3) is 5.56 Å². The van der Waals surface area contributed by atoms with Gasteiger partial charge in [-0.25, -0.2) is 4.79 Å². The fourth-order valence-electron chi connectivity index (χ4n) is 3.57. The summed E-state index contributed by atoms with van der Waals surface area (Å²) in [6.07, 6.45) is 1.38. The third kappa shape index (κ3) is 5.29. The lowest BCUT2D eigenvalue weighted by Gasteiger charge is -2.34. The summed E-state index contributed by atoms with van der Waals surface area (Å²) in [4.78, 5) is 28.3. The highest BCUT2D eigenvalue weighted by Crippen LogP contribution is 2.28. The van der Waals surface area contributed by atoms with Gasteiger partial charge in [-0.2, -0.15) is 0 Å². The molecule has 1 fully saturated rings. The van der Waals surface area contributed by atoms with Crippen LogP contribution in [0.1, 0.15) is 18.1 Å². The van der Waals surface area contributed by atoms with Gasteiger partial charge in [0.1, 0.15) is 0 Å². The number of nitrogens with zero attached hydrogens (tertiary/aromatic N) is 3. The number of hydrogen-bond acceptors (Lipinski definition) is 7. The van der Waals surface area contributed by atoms with Crippen molar-refractivity contribution in [1.82, 2.24) is 14.4 Å². The summed E-state index contributed by atoms with van der Waals surface area (Å²) < 4.78 is 17.0. The van der Waals surface area contributed by atoms with E-state index in [1.54, 1.807) is 50.4 Å². The Labute approximate surface area is 181 Å². The molecular formula is C22H29N3O6. The number of methoxy groups -OCH3 is 2. The highest BCUT2D eigenvalue weighted by atomic mass is 16.6. The molecule has 9 nitrogen and oxygen atoms in total. The molecule has 31 heavy (non-hydrogen) atoms. The van der Waals surface area contributed by atoms with Crippen molar-refractivity contribution in [3.05, 3.63) is 51.9 Å². The molecule has 0 aliphatic carbocycles. The smallest absolute Gasteiger partial charge is 0.409 e. The summed E-state index contributed by atoms with van der Waals surface area (Å²) in [6.45, 7) is 5.27. The van der Waals surface area contributed by atoms with Gasteiger partial charge in [-0.05, 0) is 30.7 Å². The summed E-state index contributed by atoms with van der Waals surface area (Å²) in [5, 5.41) is 10.5. The zero-order valence-electron chi connectivity index (χ0n) is 18.2. The van der Waals surface area contributed by atoms with E-state index in [4.69, 9.17) is 14.2 Å². The molecule has 1 saturated heterocycles. The van der Waals surface area contributed by atoms with Gasteiger partial charge >= 0.3 is 6.09 Å². The lowest BCUT2D eigenvalue weighted by molar-refractivity contribution is 0.0776. The molecule has 2 aromatic rings. The maximum absolute atomic E-state index is 12.7. The predicted octanol–water partition coefficient (Wildman–Crippen LogP) is 1.89. The number of aromatic nitrogens is 1. The quantitative estimate of drug-likeness (QED) is 0.716. The number of rotatable bonds is 7. The summed E-state index contributed by atoms with van der Waals surface area (Å²) in [5.41, 5.74) is 0.970. The van der Waals surface area contributed by atoms with Crippen molar-refractivity contribution >= 4 is 6.09 Å². The lowest BCUT2D eigenvalue weighted by atomic mass is 10.1. The van der Waals surface area contributed by atoms with Crippen LogP contribution in [0.3, 0.4) is 0 Å². The predicted molar refractivity (Wildman–Crippen MR) is 115 cm³/mol. The van der Waals surface area contributed by atoms with E-state index in [0.29, 0.717) is 62.9 Å². The van der Waals surface area contributed by atoms with E-state index in [1.807, 2.05) is 6.07 Å². The molecule has 2 heterocycles. The molecule has 1 aliphatic rings. The van der Waals surface area contributed by atoms with Crippen LogP contribution in [0.15, 0.2) is 35.3 Å². The molecule has 1 amide bonds. The third-order valence-corrected chi connectivity index (χ3v) is 5.32. The van der Waals surface area contributed by atoms with E-state index in [9.17, 15) is 14.7 Å². The van der Waals surface area contributed by atoms with Crippen molar-refractivity contribution in [1.29, 1.82) is 0 Å². The van der Waals surface area contributed by atoms with Crippen LogP contribution in [0.2, 0.25) is 0 Å². The van der Waals surface area contributed by atoms with Crippen LogP contribution < -0.4 is 15.0 Å². The molecule has 1 aromatic heterocycles. The monoisotopic (exact) mass is 431 g/mol. The Morgan fingerprint density at radius 1 is 1.03 bits per heavy atom. The molecule has 3 rings (SSSR count). The Bertz CT molecular complexity index is 966. The topological polar surface area (TPSA) is 93.5 Å². The van der Waals surface area contributed by atoms with Crippen molar-refractivity contribution in [3.8, 4) is 17.2 Å². The minimum Gasteiger partial charge on any atom is -0.503 e. The molecule has 0 atom stereocenters. The summed E-state index contributed by atoms with van der Waals surface area (Å²) in [6, 6.07) is 7.19. The lowest BCUT2D eigenvalue weighted by Crippen LogP contribution is -2.48. The van der Waals surface area contributed by atoms with E-state index in [2.05, 4.69) is 4.90 Å². The number of hydrogen-bond donors (Lipinski definition) is 1. The number of aromatic hydroxyl groups is 1. The Kier molecular flexibility index (Phi) is 7.41. The molecule has 0 spiro atoms. The van der Waals surface area contributed by atoms with Crippen molar-refractivity contribution in [2.24, 2.45) is 0 Å². The molecular weight excluding hydrogens is 402 g/mol. The largest absolute Gasteiger partial charge is 0.503 e. The van der Waals surface area contributed by atoms with Crippen molar-refractivity contribution < 1.29 is 24.1 Å². The minimum atomic E-state index is -0.447. The Balaban J connectivity index is 1.66. The number of carbonyl (C=O) groups excluding carboxylic acids is 1. The van der Waals surface area contributed by atoms with Gasteiger partial charge in [-0.3, -0.25) is 9.69 Å². The highest BCUT2D eigenvalue weighted by Gasteiger charge is 2.23. The van der Waals surface area contributed by atoms with Crippen LogP contribution in [-0.2, 0) is 17.8 Å². The first-order valence-electron chi connectivity index (χ1n) is 10.2. The van der Waals surface area contributed by atoms with Gasteiger partial charge < -0.3 is 28.8 Å². The first kappa shape index (κ1) is 22.5. The zero-order chi connectivity index (χ0) is 22.4. The Hall–Kier alpha value is -3.20. The third-order valence-electron chi connectivity index (χ3n) is 5.32. The van der Waals surface area contributed by atoms with Crippen LogP contribution in [0.5, 0.6) is 17.2 Å². The van der Waals surface area contributed by atoms with E-state index in [-0.39, 0.29) is 11.8 Å². The number of pyridine rings is 1. The molecule has 0 unspecified atom stereocenters. The molecule has 1 aromatic carbocycles. The van der Waals surface area contributed by atoms with Gasteiger partial charge in [-0.1, -0.05) is 6.07 Å². The molecule has 1 N–H and O–H groups in total. The molecule has 0 saturated carbocycles.